The molecular weight excluding hydrogens is 388 g/mol. The third-order valence-corrected chi connectivity index (χ3v) is 7.71. The Morgan fingerprint density at radius 2 is 1.90 bits per heavy atom. The van der Waals surface area contributed by atoms with Gasteiger partial charge in [0.05, 0.1) is 12.2 Å². The summed E-state index contributed by atoms with van der Waals surface area (Å²) in [5, 5.41) is 9.06. The van der Waals surface area contributed by atoms with E-state index < -0.39 is 29.9 Å². The van der Waals surface area contributed by atoms with Crippen molar-refractivity contribution in [2.24, 2.45) is 23.7 Å². The Labute approximate surface area is 176 Å². The third kappa shape index (κ3) is 3.10. The van der Waals surface area contributed by atoms with E-state index in [0.29, 0.717) is 18.4 Å². The van der Waals surface area contributed by atoms with Crippen molar-refractivity contribution < 1.29 is 33.9 Å². The number of ether oxygens (including phenoxy) is 3. The molecule has 1 aliphatic carbocycles. The molecule has 4 aliphatic heterocycles. The van der Waals surface area contributed by atoms with Crippen LogP contribution >= 0.6 is 0 Å². The van der Waals surface area contributed by atoms with Crippen molar-refractivity contribution >= 4 is 5.97 Å². The van der Waals surface area contributed by atoms with Gasteiger partial charge in [0, 0.05) is 18.3 Å². The lowest BCUT2D eigenvalue weighted by atomic mass is 9.58. The zero-order valence-corrected chi connectivity index (χ0v) is 17.7. The Kier molecular flexibility index (Phi) is 4.95. The fourth-order valence-corrected chi connectivity index (χ4v) is 5.98. The van der Waals surface area contributed by atoms with Gasteiger partial charge in [-0.3, -0.25) is 0 Å². The van der Waals surface area contributed by atoms with E-state index in [2.05, 4.69) is 13.8 Å². The molecule has 0 aromatic heterocycles. The standard InChI is InChI=1S/C23H30O7/c1-13-4-9-18-14(2)20(26-12-15-5-7-16(8-6-15)19(24)25)27-21-23(18)17(13)10-11-22(3,28-21)29-30-23/h5-8,13-14,17-18,20-21H,4,9-12H2,1-3H3,(H,24,25)/t13-,14-,17+,18+,20+,21-,22-,23-/m1/s1. The Morgan fingerprint density at radius 3 is 2.63 bits per heavy atom. The number of carbonyl (C=O) groups is 1. The maximum absolute atomic E-state index is 11.0. The van der Waals surface area contributed by atoms with Crippen LogP contribution in [0, 0.1) is 23.7 Å². The molecule has 1 saturated carbocycles. The summed E-state index contributed by atoms with van der Waals surface area (Å²) >= 11 is 0. The van der Waals surface area contributed by atoms with Crippen LogP contribution in [0.15, 0.2) is 24.3 Å². The Balaban J connectivity index is 1.37. The number of aromatic carboxylic acids is 1. The van der Waals surface area contributed by atoms with Crippen molar-refractivity contribution in [3.05, 3.63) is 35.4 Å². The Bertz CT molecular complexity index is 810. The van der Waals surface area contributed by atoms with Gasteiger partial charge in [0.1, 0.15) is 0 Å². The molecule has 1 N–H and O–H groups in total. The number of rotatable bonds is 4. The first-order valence-electron chi connectivity index (χ1n) is 11.0. The summed E-state index contributed by atoms with van der Waals surface area (Å²) in [5.41, 5.74) is 0.579. The molecule has 0 radical (unpaired) electrons. The first-order valence-corrected chi connectivity index (χ1v) is 11.0. The van der Waals surface area contributed by atoms with Gasteiger partial charge in [-0.1, -0.05) is 26.0 Å². The molecule has 7 nitrogen and oxygen atoms in total. The molecule has 4 heterocycles. The van der Waals surface area contributed by atoms with Gasteiger partial charge < -0.3 is 19.3 Å². The van der Waals surface area contributed by atoms with Gasteiger partial charge in [0.2, 0.25) is 5.79 Å². The summed E-state index contributed by atoms with van der Waals surface area (Å²) < 4.78 is 18.9. The van der Waals surface area contributed by atoms with Crippen LogP contribution in [-0.4, -0.2) is 35.0 Å². The highest BCUT2D eigenvalue weighted by Gasteiger charge is 2.69. The minimum atomic E-state index is -0.936. The minimum Gasteiger partial charge on any atom is -0.478 e. The zero-order chi connectivity index (χ0) is 21.1. The first-order chi connectivity index (χ1) is 14.3. The predicted molar refractivity (Wildman–Crippen MR) is 105 cm³/mol. The Hall–Kier alpha value is -1.51. The van der Waals surface area contributed by atoms with Crippen LogP contribution in [0.25, 0.3) is 0 Å². The molecule has 2 bridgehead atoms. The van der Waals surface area contributed by atoms with Crippen LogP contribution in [0.4, 0.5) is 0 Å². The second-order valence-electron chi connectivity index (χ2n) is 9.59. The lowest BCUT2D eigenvalue weighted by Crippen LogP contribution is -2.70. The van der Waals surface area contributed by atoms with Gasteiger partial charge in [-0.05, 0) is 55.7 Å². The topological polar surface area (TPSA) is 83.5 Å². The van der Waals surface area contributed by atoms with Gasteiger partial charge in [-0.2, -0.15) is 0 Å². The van der Waals surface area contributed by atoms with Gasteiger partial charge in [-0.15, -0.1) is 0 Å². The fourth-order valence-electron chi connectivity index (χ4n) is 5.98. The maximum Gasteiger partial charge on any atom is 0.335 e. The van der Waals surface area contributed by atoms with E-state index >= 15 is 0 Å². The predicted octanol–water partition coefficient (Wildman–Crippen LogP) is 4.11. The average molecular weight is 418 g/mol. The van der Waals surface area contributed by atoms with Gasteiger partial charge >= 0.3 is 5.97 Å². The number of hydrogen-bond acceptors (Lipinski definition) is 6. The van der Waals surface area contributed by atoms with Crippen molar-refractivity contribution in [3.8, 4) is 0 Å². The second-order valence-corrected chi connectivity index (χ2v) is 9.59. The largest absolute Gasteiger partial charge is 0.478 e. The molecular formula is C23H30O7. The number of benzene rings is 1. The van der Waals surface area contributed by atoms with Crippen molar-refractivity contribution in [1.29, 1.82) is 0 Å². The molecule has 1 aromatic carbocycles. The molecule has 0 unspecified atom stereocenters. The van der Waals surface area contributed by atoms with Crippen molar-refractivity contribution in [2.75, 3.05) is 0 Å². The van der Waals surface area contributed by atoms with E-state index in [1.165, 1.54) is 0 Å². The van der Waals surface area contributed by atoms with E-state index in [9.17, 15) is 4.79 Å². The Morgan fingerprint density at radius 1 is 1.13 bits per heavy atom. The summed E-state index contributed by atoms with van der Waals surface area (Å²) in [4.78, 5) is 23.0. The third-order valence-electron chi connectivity index (χ3n) is 7.71. The van der Waals surface area contributed by atoms with Crippen LogP contribution in [0.1, 0.15) is 62.4 Å². The molecule has 1 aromatic rings. The summed E-state index contributed by atoms with van der Waals surface area (Å²) in [6.45, 7) is 6.71. The molecule has 8 atom stereocenters. The highest BCUT2D eigenvalue weighted by molar-refractivity contribution is 5.87. The smallest absolute Gasteiger partial charge is 0.335 e. The number of fused-ring (bicyclic) bond motifs is 2. The van der Waals surface area contributed by atoms with E-state index in [1.807, 2.05) is 6.92 Å². The van der Waals surface area contributed by atoms with Crippen molar-refractivity contribution in [3.63, 3.8) is 0 Å². The quantitative estimate of drug-likeness (QED) is 0.737. The number of carboxylic acid groups (broad SMARTS) is 1. The van der Waals surface area contributed by atoms with Crippen molar-refractivity contribution in [2.45, 2.75) is 77.0 Å². The summed E-state index contributed by atoms with van der Waals surface area (Å²) in [5.74, 6) is -0.539. The maximum atomic E-state index is 11.0. The van der Waals surface area contributed by atoms with Crippen LogP contribution < -0.4 is 0 Å². The van der Waals surface area contributed by atoms with Gasteiger partial charge in [0.25, 0.3) is 0 Å². The fraction of sp³-hybridized carbons (Fsp3) is 0.696. The molecule has 164 valence electrons. The highest BCUT2D eigenvalue weighted by Crippen LogP contribution is 2.60. The van der Waals surface area contributed by atoms with E-state index in [4.69, 9.17) is 29.1 Å². The first kappa shape index (κ1) is 20.4. The van der Waals surface area contributed by atoms with Crippen LogP contribution in [0.5, 0.6) is 0 Å². The van der Waals surface area contributed by atoms with E-state index in [-0.39, 0.29) is 17.4 Å². The van der Waals surface area contributed by atoms with E-state index in [1.54, 1.807) is 24.3 Å². The molecule has 0 amide bonds. The molecule has 6 rings (SSSR count). The molecule has 7 heteroatoms. The summed E-state index contributed by atoms with van der Waals surface area (Å²) in [6.07, 6.45) is 3.01. The van der Waals surface area contributed by atoms with Crippen LogP contribution in [-0.2, 0) is 30.6 Å². The van der Waals surface area contributed by atoms with Crippen LogP contribution in [0.2, 0.25) is 0 Å². The highest BCUT2D eigenvalue weighted by atomic mass is 17.3. The lowest BCUT2D eigenvalue weighted by molar-refractivity contribution is -0.577. The molecule has 5 fully saturated rings. The molecule has 1 spiro atoms. The average Bonchev–Trinajstić information content (AvgIpc) is 2.96. The molecule has 4 saturated heterocycles. The van der Waals surface area contributed by atoms with Crippen LogP contribution in [0.3, 0.4) is 0 Å². The number of hydrogen-bond donors (Lipinski definition) is 1. The van der Waals surface area contributed by atoms with Crippen molar-refractivity contribution in [1.82, 2.24) is 0 Å². The monoisotopic (exact) mass is 418 g/mol. The van der Waals surface area contributed by atoms with Gasteiger partial charge in [0.15, 0.2) is 18.2 Å². The number of carboxylic acids is 1. The van der Waals surface area contributed by atoms with E-state index in [0.717, 1.165) is 31.2 Å². The minimum absolute atomic E-state index is 0.115. The summed E-state index contributed by atoms with van der Waals surface area (Å²) in [7, 11) is 0. The SMILES string of the molecule is C[C@H]1[C@@H](OCc2ccc(C(=O)O)cc2)O[C@@H]2O[C@@]3(C)CC[C@H]4[C@H](C)CC[C@@H]1[C@@]24OO3. The second kappa shape index (κ2) is 7.28. The zero-order valence-electron chi connectivity index (χ0n) is 17.7. The normalized spacial score (nSPS) is 44.9. The molecule has 5 aliphatic rings. The summed E-state index contributed by atoms with van der Waals surface area (Å²) in [6, 6.07) is 6.74. The van der Waals surface area contributed by atoms with Gasteiger partial charge in [-0.25, -0.2) is 14.6 Å². The lowest BCUT2D eigenvalue weighted by Gasteiger charge is -2.60. The molecule has 30 heavy (non-hydrogen) atoms.